The van der Waals surface area contributed by atoms with Gasteiger partial charge in [0.1, 0.15) is 0 Å². The second-order valence-electron chi connectivity index (χ2n) is 7.07. The molecule has 6 heteroatoms. The van der Waals surface area contributed by atoms with Gasteiger partial charge in [-0.1, -0.05) is 36.4 Å². The van der Waals surface area contributed by atoms with Crippen LogP contribution in [0.3, 0.4) is 0 Å². The molecule has 0 atom stereocenters. The number of carbonyl (C=O) groups is 1. The van der Waals surface area contributed by atoms with Gasteiger partial charge in [-0.25, -0.2) is 12.7 Å². The molecular weight excluding hydrogens is 372 g/mol. The second-order valence-corrected chi connectivity index (χ2v) is 9.19. The molecule has 146 valence electrons. The van der Waals surface area contributed by atoms with Gasteiger partial charge in [0.05, 0.1) is 10.6 Å². The number of amides is 1. The van der Waals surface area contributed by atoms with Gasteiger partial charge in [0.15, 0.2) is 0 Å². The maximum absolute atomic E-state index is 13.2. The fraction of sp³-hybridized carbons (Fsp3) is 0.227. The molecular formula is C22H24N2O3S. The number of rotatable bonds is 4. The van der Waals surface area contributed by atoms with Crippen LogP contribution in [-0.4, -0.2) is 39.8 Å². The van der Waals surface area contributed by atoms with Crippen molar-refractivity contribution in [1.82, 2.24) is 4.31 Å². The van der Waals surface area contributed by atoms with E-state index in [1.54, 1.807) is 24.9 Å². The molecule has 3 aromatic rings. The van der Waals surface area contributed by atoms with Crippen LogP contribution in [0.5, 0.6) is 0 Å². The summed E-state index contributed by atoms with van der Waals surface area (Å²) in [5.41, 5.74) is 2.54. The predicted octanol–water partition coefficient (Wildman–Crippen LogP) is 3.98. The summed E-state index contributed by atoms with van der Waals surface area (Å²) in [6.45, 7) is 3.58. The van der Waals surface area contributed by atoms with E-state index >= 15 is 0 Å². The zero-order chi connectivity index (χ0) is 20.6. The third-order valence-electron chi connectivity index (χ3n) is 5.06. The summed E-state index contributed by atoms with van der Waals surface area (Å²) in [6.07, 6.45) is 0. The minimum atomic E-state index is -3.65. The van der Waals surface area contributed by atoms with Crippen LogP contribution in [0.15, 0.2) is 59.5 Å². The first-order chi connectivity index (χ1) is 13.1. The summed E-state index contributed by atoms with van der Waals surface area (Å²) in [7, 11) is 1.03. The number of anilines is 1. The largest absolute Gasteiger partial charge is 0.311 e. The number of carbonyl (C=O) groups excluding carboxylic acids is 1. The summed E-state index contributed by atoms with van der Waals surface area (Å²) in [6, 6.07) is 16.9. The van der Waals surface area contributed by atoms with Gasteiger partial charge in [-0.05, 0) is 48.6 Å². The molecule has 3 rings (SSSR count). The van der Waals surface area contributed by atoms with Gasteiger partial charge in [0.25, 0.3) is 5.91 Å². The Morgan fingerprint density at radius 1 is 0.893 bits per heavy atom. The minimum absolute atomic E-state index is 0.159. The maximum atomic E-state index is 13.2. The van der Waals surface area contributed by atoms with Crippen LogP contribution in [0, 0.1) is 13.8 Å². The van der Waals surface area contributed by atoms with E-state index in [2.05, 4.69) is 0 Å². The molecule has 5 nitrogen and oxygen atoms in total. The van der Waals surface area contributed by atoms with Gasteiger partial charge in [-0.15, -0.1) is 0 Å². The SMILES string of the molecule is Cc1cc(C(=O)N(C)c2cccc3ccccc23)cc(S(=O)(=O)N(C)C)c1C. The van der Waals surface area contributed by atoms with Crippen molar-refractivity contribution in [3.05, 3.63) is 71.3 Å². The van der Waals surface area contributed by atoms with Crippen molar-refractivity contribution in [3.63, 3.8) is 0 Å². The molecule has 0 fully saturated rings. The summed E-state index contributed by atoms with van der Waals surface area (Å²) >= 11 is 0. The van der Waals surface area contributed by atoms with Crippen molar-refractivity contribution in [3.8, 4) is 0 Å². The highest BCUT2D eigenvalue weighted by atomic mass is 32.2. The van der Waals surface area contributed by atoms with Gasteiger partial charge in [0, 0.05) is 32.1 Å². The zero-order valence-electron chi connectivity index (χ0n) is 16.7. The molecule has 1 amide bonds. The van der Waals surface area contributed by atoms with Crippen molar-refractivity contribution < 1.29 is 13.2 Å². The van der Waals surface area contributed by atoms with Crippen molar-refractivity contribution in [1.29, 1.82) is 0 Å². The second kappa shape index (κ2) is 7.37. The highest BCUT2D eigenvalue weighted by Gasteiger charge is 2.24. The predicted molar refractivity (Wildman–Crippen MR) is 113 cm³/mol. The highest BCUT2D eigenvalue weighted by Crippen LogP contribution is 2.29. The summed E-state index contributed by atoms with van der Waals surface area (Å²) in [4.78, 5) is 14.9. The molecule has 0 saturated carbocycles. The summed E-state index contributed by atoms with van der Waals surface area (Å²) < 4.78 is 26.6. The number of aryl methyl sites for hydroxylation is 1. The molecule has 0 heterocycles. The average Bonchev–Trinajstić information content (AvgIpc) is 2.68. The Labute approximate surface area is 166 Å². The van der Waals surface area contributed by atoms with Crippen LogP contribution >= 0.6 is 0 Å². The van der Waals surface area contributed by atoms with E-state index in [1.807, 2.05) is 49.4 Å². The molecule has 0 bridgehead atoms. The van der Waals surface area contributed by atoms with Gasteiger partial charge in [-0.3, -0.25) is 4.79 Å². The number of sulfonamides is 1. The lowest BCUT2D eigenvalue weighted by Crippen LogP contribution is -2.28. The normalized spacial score (nSPS) is 11.8. The molecule has 0 unspecified atom stereocenters. The number of benzene rings is 3. The molecule has 0 radical (unpaired) electrons. The zero-order valence-corrected chi connectivity index (χ0v) is 17.5. The Morgan fingerprint density at radius 3 is 2.21 bits per heavy atom. The highest BCUT2D eigenvalue weighted by molar-refractivity contribution is 7.89. The van der Waals surface area contributed by atoms with E-state index in [0.29, 0.717) is 11.1 Å². The van der Waals surface area contributed by atoms with Crippen LogP contribution in [0.1, 0.15) is 21.5 Å². The fourth-order valence-corrected chi connectivity index (χ4v) is 4.44. The first-order valence-corrected chi connectivity index (χ1v) is 10.4. The van der Waals surface area contributed by atoms with Crippen molar-refractivity contribution in [2.75, 3.05) is 26.0 Å². The van der Waals surface area contributed by atoms with E-state index in [1.165, 1.54) is 20.2 Å². The molecule has 0 aromatic heterocycles. The van der Waals surface area contributed by atoms with Crippen LogP contribution in [0.25, 0.3) is 10.8 Å². The van der Waals surface area contributed by atoms with Crippen LogP contribution in [0.2, 0.25) is 0 Å². The Morgan fingerprint density at radius 2 is 1.54 bits per heavy atom. The number of fused-ring (bicyclic) bond motifs is 1. The Bertz CT molecular complexity index is 1160. The third kappa shape index (κ3) is 3.41. The summed E-state index contributed by atoms with van der Waals surface area (Å²) in [5.74, 6) is -0.255. The van der Waals surface area contributed by atoms with Crippen molar-refractivity contribution in [2.45, 2.75) is 18.7 Å². The van der Waals surface area contributed by atoms with Crippen LogP contribution < -0.4 is 4.90 Å². The quantitative estimate of drug-likeness (QED) is 0.670. The maximum Gasteiger partial charge on any atom is 0.258 e. The molecule has 0 aliphatic heterocycles. The lowest BCUT2D eigenvalue weighted by Gasteiger charge is -2.21. The first-order valence-electron chi connectivity index (χ1n) is 8.94. The van der Waals surface area contributed by atoms with E-state index in [0.717, 1.165) is 26.3 Å². The van der Waals surface area contributed by atoms with E-state index in [4.69, 9.17) is 0 Å². The van der Waals surface area contributed by atoms with Crippen LogP contribution in [-0.2, 0) is 10.0 Å². The van der Waals surface area contributed by atoms with Gasteiger partial charge in [0.2, 0.25) is 10.0 Å². The molecule has 0 saturated heterocycles. The minimum Gasteiger partial charge on any atom is -0.311 e. The third-order valence-corrected chi connectivity index (χ3v) is 7.00. The first kappa shape index (κ1) is 20.0. The lowest BCUT2D eigenvalue weighted by molar-refractivity contribution is 0.0993. The number of hydrogen-bond donors (Lipinski definition) is 0. The van der Waals surface area contributed by atoms with Crippen molar-refractivity contribution in [2.24, 2.45) is 0 Å². The lowest BCUT2D eigenvalue weighted by atomic mass is 10.0. The molecule has 0 spiro atoms. The molecule has 0 aliphatic rings. The standard InChI is InChI=1S/C22H24N2O3S/c1-15-13-18(14-21(16(15)2)28(26,27)23(3)4)22(25)24(5)20-12-8-10-17-9-6-7-11-19(17)20/h6-14H,1-5H3. The van der Waals surface area contributed by atoms with Gasteiger partial charge >= 0.3 is 0 Å². The van der Waals surface area contributed by atoms with E-state index in [9.17, 15) is 13.2 Å². The Kier molecular flexibility index (Phi) is 5.28. The number of hydrogen-bond acceptors (Lipinski definition) is 3. The molecule has 3 aromatic carbocycles. The molecule has 0 aliphatic carbocycles. The van der Waals surface area contributed by atoms with Crippen molar-refractivity contribution >= 4 is 32.4 Å². The summed E-state index contributed by atoms with van der Waals surface area (Å²) in [5, 5.41) is 2.00. The monoisotopic (exact) mass is 396 g/mol. The van der Waals surface area contributed by atoms with Gasteiger partial charge in [-0.2, -0.15) is 0 Å². The van der Waals surface area contributed by atoms with E-state index in [-0.39, 0.29) is 10.8 Å². The smallest absolute Gasteiger partial charge is 0.258 e. The Hall–Kier alpha value is -2.70. The average molecular weight is 397 g/mol. The molecule has 0 N–H and O–H groups in total. The topological polar surface area (TPSA) is 57.7 Å². The number of nitrogens with zero attached hydrogens (tertiary/aromatic N) is 2. The van der Waals surface area contributed by atoms with Gasteiger partial charge < -0.3 is 4.90 Å². The fourth-order valence-electron chi connectivity index (χ4n) is 3.22. The molecule has 28 heavy (non-hydrogen) atoms. The Balaban J connectivity index is 2.11. The van der Waals surface area contributed by atoms with Crippen LogP contribution in [0.4, 0.5) is 5.69 Å². The van der Waals surface area contributed by atoms with E-state index < -0.39 is 10.0 Å².